The molecule has 0 aromatic carbocycles. The highest BCUT2D eigenvalue weighted by Gasteiger charge is 2.17. The Balaban J connectivity index is -0.000000980. The molecule has 0 aliphatic rings. The fraction of sp³-hybridized carbons (Fsp3) is 0.909. The first-order chi connectivity index (χ1) is 7.26. The zero-order valence-electron chi connectivity index (χ0n) is 10.7. The minimum Gasteiger partial charge on any atom is -0.543 e. The van der Waals surface area contributed by atoms with E-state index in [4.69, 9.17) is 8.05 Å². The van der Waals surface area contributed by atoms with Gasteiger partial charge in [-0.25, -0.2) is 0 Å². The number of hydrogen-bond donors (Lipinski definition) is 1. The molecule has 0 bridgehead atoms. The van der Waals surface area contributed by atoms with Crippen molar-refractivity contribution in [3.05, 3.63) is 0 Å². The van der Waals surface area contributed by atoms with E-state index in [1.807, 2.05) is 0 Å². The van der Waals surface area contributed by atoms with Crippen LogP contribution in [0.5, 0.6) is 0 Å². The maximum Gasteiger partial charge on any atom is 0.378 e. The third kappa shape index (κ3) is 12.3. The SMILES string of the molecule is Cl.Cl.[B]OC(=O)C(CCCC)CNCCCC. The van der Waals surface area contributed by atoms with Crippen LogP contribution in [0.1, 0.15) is 46.0 Å². The molecule has 0 saturated carbocycles. The van der Waals surface area contributed by atoms with E-state index in [1.54, 1.807) is 0 Å². The average Bonchev–Trinajstić information content (AvgIpc) is 2.27. The highest BCUT2D eigenvalue weighted by molar-refractivity contribution is 6.05. The van der Waals surface area contributed by atoms with Crippen molar-refractivity contribution in [2.45, 2.75) is 46.0 Å². The molecule has 1 N–H and O–H groups in total. The number of carbonyl (C=O) groups excluding carboxylic acids is 1. The van der Waals surface area contributed by atoms with E-state index in [0.29, 0.717) is 6.54 Å². The van der Waals surface area contributed by atoms with Crippen LogP contribution in [0.2, 0.25) is 0 Å². The molecule has 0 amide bonds. The van der Waals surface area contributed by atoms with Crippen molar-refractivity contribution in [3.8, 4) is 0 Å². The molecule has 3 nitrogen and oxygen atoms in total. The van der Waals surface area contributed by atoms with Crippen LogP contribution in [-0.2, 0) is 9.45 Å². The molecule has 0 rings (SSSR count). The lowest BCUT2D eigenvalue weighted by Crippen LogP contribution is -2.30. The van der Waals surface area contributed by atoms with Crippen LogP contribution in [0.4, 0.5) is 0 Å². The van der Waals surface area contributed by atoms with Crippen molar-refractivity contribution >= 4 is 38.8 Å². The van der Waals surface area contributed by atoms with E-state index >= 15 is 0 Å². The Morgan fingerprint density at radius 3 is 2.29 bits per heavy atom. The summed E-state index contributed by atoms with van der Waals surface area (Å²) in [7, 11) is 4.90. The zero-order valence-corrected chi connectivity index (χ0v) is 12.4. The number of carbonyl (C=O) groups is 1. The normalized spacial score (nSPS) is 10.9. The van der Waals surface area contributed by atoms with Gasteiger partial charge in [0.25, 0.3) is 5.97 Å². The van der Waals surface area contributed by atoms with E-state index < -0.39 is 0 Å². The Labute approximate surface area is 119 Å². The van der Waals surface area contributed by atoms with Crippen molar-refractivity contribution in [3.63, 3.8) is 0 Å². The lowest BCUT2D eigenvalue weighted by molar-refractivity contribution is -0.138. The fourth-order valence-corrected chi connectivity index (χ4v) is 1.43. The molecule has 0 aliphatic heterocycles. The molecule has 6 heteroatoms. The number of halogens is 2. The summed E-state index contributed by atoms with van der Waals surface area (Å²) in [4.78, 5) is 11.3. The minimum absolute atomic E-state index is 0. The molecule has 2 radical (unpaired) electrons. The zero-order chi connectivity index (χ0) is 11.5. The van der Waals surface area contributed by atoms with Gasteiger partial charge in [0.15, 0.2) is 0 Å². The van der Waals surface area contributed by atoms with Gasteiger partial charge in [-0.3, -0.25) is 4.79 Å². The monoisotopic (exact) mass is 283 g/mol. The Morgan fingerprint density at radius 1 is 1.24 bits per heavy atom. The molecule has 0 fully saturated rings. The highest BCUT2D eigenvalue weighted by atomic mass is 35.5. The Kier molecular flexibility index (Phi) is 21.1. The molecule has 0 spiro atoms. The lowest BCUT2D eigenvalue weighted by atomic mass is 10.0. The third-order valence-corrected chi connectivity index (χ3v) is 2.45. The van der Waals surface area contributed by atoms with Gasteiger partial charge in [0.2, 0.25) is 0 Å². The second kappa shape index (κ2) is 16.1. The molecule has 102 valence electrons. The van der Waals surface area contributed by atoms with Gasteiger partial charge < -0.3 is 9.97 Å². The molecular formula is C11H24BCl2NO2. The standard InChI is InChI=1S/C11H22BNO2.2ClH/c1-3-5-7-10(11(14)15-12)9-13-8-6-4-2;;/h10,13H,3-9H2,1-2H3;2*1H. The first-order valence-electron chi connectivity index (χ1n) is 5.87. The Hall–Kier alpha value is 0.0749. The maximum atomic E-state index is 11.3. The first kappa shape index (κ1) is 22.3. The summed E-state index contributed by atoms with van der Waals surface area (Å²) in [6.45, 7) is 5.88. The van der Waals surface area contributed by atoms with Crippen molar-refractivity contribution in [1.82, 2.24) is 5.32 Å². The smallest absolute Gasteiger partial charge is 0.378 e. The summed E-state index contributed by atoms with van der Waals surface area (Å²) < 4.78 is 4.29. The predicted molar refractivity (Wildman–Crippen MR) is 77.1 cm³/mol. The van der Waals surface area contributed by atoms with Crippen LogP contribution in [0, 0.1) is 5.92 Å². The van der Waals surface area contributed by atoms with Gasteiger partial charge in [0, 0.05) is 6.54 Å². The number of rotatable bonds is 9. The van der Waals surface area contributed by atoms with Gasteiger partial charge in [-0.1, -0.05) is 33.1 Å². The van der Waals surface area contributed by atoms with Gasteiger partial charge in [-0.05, 0) is 19.4 Å². The molecule has 0 saturated heterocycles. The molecule has 0 aromatic heterocycles. The van der Waals surface area contributed by atoms with Crippen LogP contribution < -0.4 is 5.32 Å². The topological polar surface area (TPSA) is 38.3 Å². The predicted octanol–water partition coefficient (Wildman–Crippen LogP) is 2.65. The molecule has 0 aromatic rings. The van der Waals surface area contributed by atoms with Crippen LogP contribution >= 0.6 is 24.8 Å². The Bertz CT molecular complexity index is 174. The van der Waals surface area contributed by atoms with Crippen molar-refractivity contribution in [2.75, 3.05) is 13.1 Å². The molecule has 0 heterocycles. The van der Waals surface area contributed by atoms with Crippen LogP contribution in [0.15, 0.2) is 0 Å². The molecule has 1 unspecified atom stereocenters. The van der Waals surface area contributed by atoms with Crippen LogP contribution in [-0.4, -0.2) is 27.1 Å². The van der Waals surface area contributed by atoms with Gasteiger partial charge >= 0.3 is 8.05 Å². The number of nitrogens with one attached hydrogen (secondary N) is 1. The summed E-state index contributed by atoms with van der Waals surface area (Å²) >= 11 is 0. The first-order valence-corrected chi connectivity index (χ1v) is 5.87. The molecule has 1 atom stereocenters. The highest BCUT2D eigenvalue weighted by Crippen LogP contribution is 2.09. The quantitative estimate of drug-likeness (QED) is 0.522. The molecule has 0 aliphatic carbocycles. The minimum atomic E-state index is -0.299. The van der Waals surface area contributed by atoms with E-state index in [0.717, 1.165) is 38.6 Å². The maximum absolute atomic E-state index is 11.3. The second-order valence-electron chi connectivity index (χ2n) is 3.83. The van der Waals surface area contributed by atoms with Gasteiger partial charge in [-0.2, -0.15) is 0 Å². The lowest BCUT2D eigenvalue weighted by Gasteiger charge is -2.15. The van der Waals surface area contributed by atoms with Crippen LogP contribution in [0.25, 0.3) is 0 Å². The summed E-state index contributed by atoms with van der Waals surface area (Å²) in [6, 6.07) is 0. The average molecular weight is 284 g/mol. The van der Waals surface area contributed by atoms with Gasteiger partial charge in [0.1, 0.15) is 0 Å². The van der Waals surface area contributed by atoms with E-state index in [-0.39, 0.29) is 36.7 Å². The largest absolute Gasteiger partial charge is 0.543 e. The van der Waals surface area contributed by atoms with Crippen molar-refractivity contribution < 1.29 is 9.45 Å². The summed E-state index contributed by atoms with van der Waals surface area (Å²) in [5, 5.41) is 3.25. The third-order valence-electron chi connectivity index (χ3n) is 2.45. The van der Waals surface area contributed by atoms with E-state index in [2.05, 4.69) is 23.8 Å². The van der Waals surface area contributed by atoms with Crippen molar-refractivity contribution in [1.29, 1.82) is 0 Å². The van der Waals surface area contributed by atoms with Gasteiger partial charge in [0.05, 0.1) is 5.92 Å². The van der Waals surface area contributed by atoms with E-state index in [1.165, 1.54) is 0 Å². The summed E-state index contributed by atoms with van der Waals surface area (Å²) in [6.07, 6.45) is 5.27. The van der Waals surface area contributed by atoms with E-state index in [9.17, 15) is 4.79 Å². The van der Waals surface area contributed by atoms with Crippen LogP contribution in [0.3, 0.4) is 0 Å². The second-order valence-corrected chi connectivity index (χ2v) is 3.83. The number of hydrogen-bond acceptors (Lipinski definition) is 3. The van der Waals surface area contributed by atoms with Gasteiger partial charge in [-0.15, -0.1) is 24.8 Å². The van der Waals surface area contributed by atoms with Crippen molar-refractivity contribution in [2.24, 2.45) is 5.92 Å². The summed E-state index contributed by atoms with van der Waals surface area (Å²) in [5.41, 5.74) is 0. The molecule has 17 heavy (non-hydrogen) atoms. The fourth-order valence-electron chi connectivity index (χ4n) is 1.43. The Morgan fingerprint density at radius 2 is 1.82 bits per heavy atom. The summed E-state index contributed by atoms with van der Waals surface area (Å²) in [5.74, 6) is -0.390. The molecular weight excluding hydrogens is 260 g/mol. The number of unbranched alkanes of at least 4 members (excludes halogenated alkanes) is 2.